The summed E-state index contributed by atoms with van der Waals surface area (Å²) in [5.41, 5.74) is 3.77. The van der Waals surface area contributed by atoms with E-state index >= 15 is 0 Å². The van der Waals surface area contributed by atoms with E-state index in [-0.39, 0.29) is 25.3 Å². The summed E-state index contributed by atoms with van der Waals surface area (Å²) in [6.45, 7) is 6.54. The topological polar surface area (TPSA) is 86.3 Å². The predicted molar refractivity (Wildman–Crippen MR) is 122 cm³/mol. The summed E-state index contributed by atoms with van der Waals surface area (Å²) < 4.78 is 34.6. The van der Waals surface area contributed by atoms with Crippen LogP contribution in [-0.2, 0) is 19.5 Å². The maximum Gasteiger partial charge on any atom is 0.415 e. The minimum absolute atomic E-state index is 0. The molecule has 0 spiro atoms. The predicted octanol–water partition coefficient (Wildman–Crippen LogP) is 3.76. The summed E-state index contributed by atoms with van der Waals surface area (Å²) in [5, 5.41) is 10.9. The molecule has 2 aliphatic rings. The van der Waals surface area contributed by atoms with Gasteiger partial charge in [-0.05, 0) is 54.2 Å². The number of aryl methyl sites for hydroxylation is 1. The lowest BCUT2D eigenvalue weighted by atomic mass is 9.96. The lowest BCUT2D eigenvalue weighted by Gasteiger charge is -2.34. The second-order valence-electron chi connectivity index (χ2n) is 8.66. The first-order valence-electron chi connectivity index (χ1n) is 10.3. The van der Waals surface area contributed by atoms with Gasteiger partial charge in [-0.2, -0.15) is 13.5 Å². The number of benzene rings is 1. The van der Waals surface area contributed by atoms with Crippen LogP contribution in [0.3, 0.4) is 0 Å². The van der Waals surface area contributed by atoms with E-state index in [0.29, 0.717) is 30.9 Å². The van der Waals surface area contributed by atoms with Gasteiger partial charge in [0.05, 0.1) is 12.2 Å². The molecule has 5 rings (SSSR count). The standard InChI is InChI=1S/C22H21F2N5O3.H2S/c1-13-7-19(14-3-4-16(23)17(24)8-14)25-18-5-6-27(9-15(13)18)11-22(2)12-28-10-20(29(30)31)26-21(28)32-22;/h3-4,7-8,10H,5-6,9,11-12H2,1-2H3;1H2/t22-;/m0./s1. The summed E-state index contributed by atoms with van der Waals surface area (Å²) in [4.78, 5) is 21.3. The summed E-state index contributed by atoms with van der Waals surface area (Å²) >= 11 is 0. The lowest BCUT2D eigenvalue weighted by molar-refractivity contribution is -0.389. The first kappa shape index (κ1) is 23.1. The quantitative estimate of drug-likeness (QED) is 0.422. The van der Waals surface area contributed by atoms with E-state index < -0.39 is 22.2 Å². The zero-order valence-electron chi connectivity index (χ0n) is 18.1. The summed E-state index contributed by atoms with van der Waals surface area (Å²) in [7, 11) is 0. The zero-order chi connectivity index (χ0) is 22.6. The molecule has 0 amide bonds. The lowest BCUT2D eigenvalue weighted by Crippen LogP contribution is -2.46. The molecule has 0 saturated carbocycles. The number of aromatic nitrogens is 3. The Bertz CT molecular complexity index is 1230. The Morgan fingerprint density at radius 2 is 2.03 bits per heavy atom. The van der Waals surface area contributed by atoms with Gasteiger partial charge in [0.1, 0.15) is 11.8 Å². The third kappa shape index (κ3) is 4.30. The fourth-order valence-corrected chi connectivity index (χ4v) is 4.53. The number of pyridine rings is 1. The van der Waals surface area contributed by atoms with Crippen molar-refractivity contribution in [2.45, 2.75) is 39.0 Å². The molecule has 0 aliphatic carbocycles. The van der Waals surface area contributed by atoms with Gasteiger partial charge in [-0.3, -0.25) is 14.5 Å². The number of hydrogen-bond acceptors (Lipinski definition) is 6. The van der Waals surface area contributed by atoms with Gasteiger partial charge >= 0.3 is 11.8 Å². The molecule has 174 valence electrons. The van der Waals surface area contributed by atoms with Crippen molar-refractivity contribution in [3.05, 3.63) is 69.0 Å². The summed E-state index contributed by atoms with van der Waals surface area (Å²) in [5.74, 6) is -1.98. The molecule has 0 unspecified atom stereocenters. The van der Waals surface area contributed by atoms with Gasteiger partial charge in [-0.25, -0.2) is 8.78 Å². The van der Waals surface area contributed by atoms with Crippen molar-refractivity contribution < 1.29 is 18.4 Å². The van der Waals surface area contributed by atoms with Crippen LogP contribution in [0.15, 0.2) is 30.5 Å². The number of imidazole rings is 1. The van der Waals surface area contributed by atoms with Crippen LogP contribution in [0.25, 0.3) is 11.3 Å². The van der Waals surface area contributed by atoms with Gasteiger partial charge in [0.15, 0.2) is 11.6 Å². The largest absolute Gasteiger partial charge is 0.436 e. The van der Waals surface area contributed by atoms with Gasteiger partial charge in [0.2, 0.25) is 0 Å². The van der Waals surface area contributed by atoms with Crippen LogP contribution in [0.5, 0.6) is 6.01 Å². The van der Waals surface area contributed by atoms with Crippen molar-refractivity contribution in [2.24, 2.45) is 0 Å². The average Bonchev–Trinajstić information content (AvgIpc) is 3.25. The second-order valence-corrected chi connectivity index (χ2v) is 8.66. The first-order valence-corrected chi connectivity index (χ1v) is 10.3. The smallest absolute Gasteiger partial charge is 0.415 e. The summed E-state index contributed by atoms with van der Waals surface area (Å²) in [6, 6.07) is 5.99. The minimum atomic E-state index is -0.888. The maximum absolute atomic E-state index is 13.7. The van der Waals surface area contributed by atoms with Crippen LogP contribution in [-0.4, -0.2) is 43.0 Å². The summed E-state index contributed by atoms with van der Waals surface area (Å²) in [6.07, 6.45) is 2.12. The van der Waals surface area contributed by atoms with E-state index in [4.69, 9.17) is 9.72 Å². The molecule has 0 radical (unpaired) electrons. The second kappa shape index (κ2) is 8.38. The molecule has 11 heteroatoms. The molecule has 4 heterocycles. The van der Waals surface area contributed by atoms with Gasteiger partial charge in [0, 0.05) is 42.3 Å². The van der Waals surface area contributed by atoms with Crippen LogP contribution >= 0.6 is 13.5 Å². The minimum Gasteiger partial charge on any atom is -0.436 e. The average molecular weight is 476 g/mol. The van der Waals surface area contributed by atoms with E-state index in [1.807, 2.05) is 19.9 Å². The zero-order valence-corrected chi connectivity index (χ0v) is 19.1. The van der Waals surface area contributed by atoms with Gasteiger partial charge in [0.25, 0.3) is 0 Å². The molecule has 2 aliphatic heterocycles. The number of nitrogens with zero attached hydrogens (tertiary/aromatic N) is 5. The molecule has 8 nitrogen and oxygen atoms in total. The van der Waals surface area contributed by atoms with Gasteiger partial charge in [-0.1, -0.05) is 0 Å². The van der Waals surface area contributed by atoms with E-state index in [1.165, 1.54) is 18.3 Å². The highest BCUT2D eigenvalue weighted by Crippen LogP contribution is 2.33. The maximum atomic E-state index is 13.7. The van der Waals surface area contributed by atoms with Gasteiger partial charge in [-0.15, -0.1) is 0 Å². The molecular formula is C22H23F2N5O3S. The molecule has 33 heavy (non-hydrogen) atoms. The molecule has 3 aromatic rings. The monoisotopic (exact) mass is 475 g/mol. The Kier molecular flexibility index (Phi) is 5.87. The van der Waals surface area contributed by atoms with Crippen LogP contribution < -0.4 is 4.74 Å². The number of nitro groups is 1. The van der Waals surface area contributed by atoms with Crippen LogP contribution in [0.1, 0.15) is 23.7 Å². The molecule has 1 aromatic carbocycles. The number of fused-ring (bicyclic) bond motifs is 2. The van der Waals surface area contributed by atoms with Crippen LogP contribution in [0.2, 0.25) is 0 Å². The van der Waals surface area contributed by atoms with Crippen LogP contribution in [0, 0.1) is 28.7 Å². The van der Waals surface area contributed by atoms with E-state index in [2.05, 4.69) is 9.88 Å². The molecule has 2 aromatic heterocycles. The Hall–Kier alpha value is -3.05. The first-order chi connectivity index (χ1) is 15.2. The normalized spacial score (nSPS) is 19.4. The third-order valence-electron chi connectivity index (χ3n) is 6.01. The van der Waals surface area contributed by atoms with Crippen LogP contribution in [0.4, 0.5) is 14.6 Å². The van der Waals surface area contributed by atoms with E-state index in [1.54, 1.807) is 4.57 Å². The van der Waals surface area contributed by atoms with Crippen molar-refractivity contribution >= 4 is 19.3 Å². The Morgan fingerprint density at radius 3 is 2.73 bits per heavy atom. The molecule has 0 bridgehead atoms. The molecule has 0 N–H and O–H groups in total. The van der Waals surface area contributed by atoms with E-state index in [9.17, 15) is 18.9 Å². The highest BCUT2D eigenvalue weighted by atomic mass is 32.1. The van der Waals surface area contributed by atoms with Crippen molar-refractivity contribution in [1.29, 1.82) is 0 Å². The number of ether oxygens (including phenoxy) is 1. The number of hydrogen-bond donors (Lipinski definition) is 0. The molecule has 0 fully saturated rings. The highest BCUT2D eigenvalue weighted by molar-refractivity contribution is 7.59. The Morgan fingerprint density at radius 1 is 1.24 bits per heavy atom. The molecular weight excluding hydrogens is 452 g/mol. The van der Waals surface area contributed by atoms with Gasteiger partial charge < -0.3 is 14.9 Å². The fourth-order valence-electron chi connectivity index (χ4n) is 4.53. The third-order valence-corrected chi connectivity index (χ3v) is 6.01. The fraction of sp³-hybridized carbons (Fsp3) is 0.364. The SMILES string of the molecule is Cc1cc(-c2ccc(F)c(F)c2)nc2c1CN(C[C@@]1(C)Cn3cc([N+](=O)[O-])nc3O1)CC2.S. The Labute approximate surface area is 195 Å². The van der Waals surface area contributed by atoms with Crippen molar-refractivity contribution in [3.63, 3.8) is 0 Å². The van der Waals surface area contributed by atoms with E-state index in [0.717, 1.165) is 35.9 Å². The Balaban J connectivity index is 0.00000259. The van der Waals surface area contributed by atoms with Crippen molar-refractivity contribution in [3.8, 4) is 17.3 Å². The highest BCUT2D eigenvalue weighted by Gasteiger charge is 2.42. The molecule has 1 atom stereocenters. The number of halogens is 2. The van der Waals surface area contributed by atoms with Crippen molar-refractivity contribution in [2.75, 3.05) is 13.1 Å². The van der Waals surface area contributed by atoms with Crippen molar-refractivity contribution in [1.82, 2.24) is 19.4 Å². The number of rotatable bonds is 4. The molecule has 0 saturated heterocycles.